The van der Waals surface area contributed by atoms with Gasteiger partial charge in [0.1, 0.15) is 0 Å². The lowest BCUT2D eigenvalue weighted by molar-refractivity contribution is 0.219. The van der Waals surface area contributed by atoms with Gasteiger partial charge in [0.15, 0.2) is 0 Å². The number of rotatable bonds is 6. The molecule has 1 heterocycles. The van der Waals surface area contributed by atoms with E-state index < -0.39 is 10.0 Å². The van der Waals surface area contributed by atoms with Crippen molar-refractivity contribution in [1.82, 2.24) is 4.31 Å². The first-order valence-corrected chi connectivity index (χ1v) is 8.87. The fourth-order valence-corrected chi connectivity index (χ4v) is 3.91. The number of aryl methyl sites for hydroxylation is 1. The summed E-state index contributed by atoms with van der Waals surface area (Å²) in [4.78, 5) is 0.337. The lowest BCUT2D eigenvalue weighted by atomic mass is 10.1. The van der Waals surface area contributed by atoms with Gasteiger partial charge in [0.25, 0.3) is 0 Å². The first kappa shape index (κ1) is 16.5. The summed E-state index contributed by atoms with van der Waals surface area (Å²) in [5, 5.41) is 0. The number of nitrogens with zero attached hydrogens (tertiary/aromatic N) is 1. The van der Waals surface area contributed by atoms with E-state index in [1.807, 2.05) is 18.2 Å². The van der Waals surface area contributed by atoms with Crippen molar-refractivity contribution in [3.8, 4) is 0 Å². The molecule has 0 atom stereocenters. The largest absolute Gasteiger partial charge is 0.380 e. The van der Waals surface area contributed by atoms with Crippen LogP contribution in [0.3, 0.4) is 0 Å². The highest BCUT2D eigenvalue weighted by Gasteiger charge is 2.25. The standard InChI is InChI=1S/C15H20ClNO3S/c1-20-12-14-7-10-17(11-8-14)21(18,19)15-4-2-13(3-5-15)6-9-16/h2-5,7H,6,8-12H2,1H3. The third-order valence-electron chi connectivity index (χ3n) is 3.54. The van der Waals surface area contributed by atoms with Gasteiger partial charge in [0.05, 0.1) is 11.5 Å². The van der Waals surface area contributed by atoms with Gasteiger partial charge in [0.2, 0.25) is 10.0 Å². The Labute approximate surface area is 131 Å². The predicted octanol–water partition coefficient (Wildman–Crippen LogP) is 2.44. The van der Waals surface area contributed by atoms with Crippen LogP contribution in [-0.4, -0.2) is 45.4 Å². The Hall–Kier alpha value is -0.880. The van der Waals surface area contributed by atoms with Gasteiger partial charge in [-0.15, -0.1) is 11.6 Å². The van der Waals surface area contributed by atoms with E-state index in [9.17, 15) is 8.42 Å². The van der Waals surface area contributed by atoms with E-state index in [-0.39, 0.29) is 0 Å². The quantitative estimate of drug-likeness (QED) is 0.595. The van der Waals surface area contributed by atoms with Crippen LogP contribution in [0.2, 0.25) is 0 Å². The Morgan fingerprint density at radius 1 is 1.29 bits per heavy atom. The van der Waals surface area contributed by atoms with Crippen molar-refractivity contribution in [2.75, 3.05) is 32.7 Å². The van der Waals surface area contributed by atoms with Gasteiger partial charge < -0.3 is 4.74 Å². The third-order valence-corrected chi connectivity index (χ3v) is 5.61. The van der Waals surface area contributed by atoms with E-state index in [1.54, 1.807) is 19.2 Å². The topological polar surface area (TPSA) is 46.6 Å². The van der Waals surface area contributed by atoms with Crippen LogP contribution in [0.4, 0.5) is 0 Å². The van der Waals surface area contributed by atoms with Crippen molar-refractivity contribution in [3.05, 3.63) is 41.5 Å². The number of benzene rings is 1. The number of methoxy groups -OCH3 is 1. The molecular formula is C15H20ClNO3S. The number of ether oxygens (including phenoxy) is 1. The summed E-state index contributed by atoms with van der Waals surface area (Å²) in [5.74, 6) is 0.533. The molecule has 0 bridgehead atoms. The Balaban J connectivity index is 2.11. The second-order valence-corrected chi connectivity index (χ2v) is 7.31. The molecule has 6 heteroatoms. The average Bonchev–Trinajstić information content (AvgIpc) is 2.49. The van der Waals surface area contributed by atoms with Gasteiger partial charge in [-0.25, -0.2) is 8.42 Å². The zero-order valence-corrected chi connectivity index (χ0v) is 13.7. The van der Waals surface area contributed by atoms with Gasteiger partial charge in [-0.05, 0) is 36.1 Å². The lowest BCUT2D eigenvalue weighted by Gasteiger charge is -2.25. The highest BCUT2D eigenvalue weighted by Crippen LogP contribution is 2.21. The van der Waals surface area contributed by atoms with Crippen LogP contribution >= 0.6 is 11.6 Å². The molecule has 4 nitrogen and oxygen atoms in total. The Bertz CT molecular complexity index is 596. The zero-order valence-electron chi connectivity index (χ0n) is 12.1. The van der Waals surface area contributed by atoms with E-state index in [0.29, 0.717) is 30.5 Å². The van der Waals surface area contributed by atoms with Gasteiger partial charge in [-0.1, -0.05) is 18.2 Å². The summed E-state index contributed by atoms with van der Waals surface area (Å²) < 4.78 is 31.7. The van der Waals surface area contributed by atoms with Crippen molar-refractivity contribution in [3.63, 3.8) is 0 Å². The molecule has 21 heavy (non-hydrogen) atoms. The third kappa shape index (κ3) is 4.07. The van der Waals surface area contributed by atoms with E-state index in [0.717, 1.165) is 24.0 Å². The van der Waals surface area contributed by atoms with Crippen molar-refractivity contribution < 1.29 is 13.2 Å². The van der Waals surface area contributed by atoms with Crippen LogP contribution in [0.1, 0.15) is 12.0 Å². The fraction of sp³-hybridized carbons (Fsp3) is 0.467. The molecule has 116 valence electrons. The van der Waals surface area contributed by atoms with Crippen LogP contribution in [0.5, 0.6) is 0 Å². The summed E-state index contributed by atoms with van der Waals surface area (Å²) in [5.41, 5.74) is 2.20. The van der Waals surface area contributed by atoms with E-state index in [1.165, 1.54) is 4.31 Å². The molecule has 1 aromatic carbocycles. The first-order valence-electron chi connectivity index (χ1n) is 6.90. The molecule has 1 aliphatic heterocycles. The lowest BCUT2D eigenvalue weighted by Crippen LogP contribution is -2.35. The zero-order chi connectivity index (χ0) is 15.3. The molecule has 0 saturated carbocycles. The number of hydrogen-bond donors (Lipinski definition) is 0. The maximum Gasteiger partial charge on any atom is 0.243 e. The van der Waals surface area contributed by atoms with Gasteiger partial charge in [-0.3, -0.25) is 0 Å². The molecule has 0 N–H and O–H groups in total. The van der Waals surface area contributed by atoms with Crippen LogP contribution in [-0.2, 0) is 21.2 Å². The minimum Gasteiger partial charge on any atom is -0.380 e. The Kier molecular flexibility index (Phi) is 5.81. The van der Waals surface area contributed by atoms with Crippen molar-refractivity contribution >= 4 is 21.6 Å². The van der Waals surface area contributed by atoms with Crippen molar-refractivity contribution in [1.29, 1.82) is 0 Å². The highest BCUT2D eigenvalue weighted by atomic mass is 35.5. The Morgan fingerprint density at radius 3 is 2.52 bits per heavy atom. The number of hydrogen-bond acceptors (Lipinski definition) is 3. The molecule has 0 amide bonds. The molecule has 2 rings (SSSR count). The maximum absolute atomic E-state index is 12.6. The van der Waals surface area contributed by atoms with E-state index >= 15 is 0 Å². The highest BCUT2D eigenvalue weighted by molar-refractivity contribution is 7.89. The summed E-state index contributed by atoms with van der Waals surface area (Å²) in [6, 6.07) is 6.97. The number of alkyl halides is 1. The summed E-state index contributed by atoms with van der Waals surface area (Å²) in [7, 11) is -1.77. The van der Waals surface area contributed by atoms with E-state index in [2.05, 4.69) is 0 Å². The normalized spacial score (nSPS) is 16.8. The monoisotopic (exact) mass is 329 g/mol. The number of halogens is 1. The molecule has 0 unspecified atom stereocenters. The van der Waals surface area contributed by atoms with Gasteiger partial charge in [-0.2, -0.15) is 4.31 Å². The van der Waals surface area contributed by atoms with Crippen LogP contribution < -0.4 is 0 Å². The molecule has 1 aromatic rings. The Morgan fingerprint density at radius 2 is 2.00 bits per heavy atom. The molecule has 0 fully saturated rings. The molecule has 0 aromatic heterocycles. The van der Waals surface area contributed by atoms with Crippen LogP contribution in [0.25, 0.3) is 0 Å². The molecule has 1 aliphatic rings. The molecule has 0 radical (unpaired) electrons. The van der Waals surface area contributed by atoms with Crippen molar-refractivity contribution in [2.24, 2.45) is 0 Å². The SMILES string of the molecule is COCC1=CCN(S(=O)(=O)c2ccc(CCCl)cc2)CC1. The average molecular weight is 330 g/mol. The predicted molar refractivity (Wildman–Crippen MR) is 84.2 cm³/mol. The molecule has 0 spiro atoms. The molecule has 0 saturated heterocycles. The summed E-state index contributed by atoms with van der Waals surface area (Å²) in [6.45, 7) is 1.48. The summed E-state index contributed by atoms with van der Waals surface area (Å²) >= 11 is 5.68. The summed E-state index contributed by atoms with van der Waals surface area (Å²) in [6.07, 6.45) is 3.40. The van der Waals surface area contributed by atoms with Gasteiger partial charge in [0, 0.05) is 26.1 Å². The van der Waals surface area contributed by atoms with Crippen LogP contribution in [0.15, 0.2) is 40.8 Å². The van der Waals surface area contributed by atoms with Crippen molar-refractivity contribution in [2.45, 2.75) is 17.7 Å². The second kappa shape index (κ2) is 7.40. The second-order valence-electron chi connectivity index (χ2n) is 4.99. The minimum absolute atomic E-state index is 0.337. The minimum atomic E-state index is -3.42. The first-order chi connectivity index (χ1) is 10.1. The molecular weight excluding hydrogens is 310 g/mol. The van der Waals surface area contributed by atoms with Gasteiger partial charge >= 0.3 is 0 Å². The van der Waals surface area contributed by atoms with Crippen LogP contribution in [0, 0.1) is 0 Å². The smallest absolute Gasteiger partial charge is 0.243 e. The maximum atomic E-state index is 12.6. The van der Waals surface area contributed by atoms with E-state index in [4.69, 9.17) is 16.3 Å². The fourth-order valence-electron chi connectivity index (χ4n) is 2.31. The molecule has 0 aliphatic carbocycles. The number of sulfonamides is 1.